The summed E-state index contributed by atoms with van der Waals surface area (Å²) in [5, 5.41) is 26.1. The van der Waals surface area contributed by atoms with Crippen molar-refractivity contribution < 1.29 is 57.9 Å². The third-order valence-corrected chi connectivity index (χ3v) is 14.7. The van der Waals surface area contributed by atoms with Gasteiger partial charge in [-0.3, -0.25) is 24.0 Å². The van der Waals surface area contributed by atoms with Crippen molar-refractivity contribution in [2.24, 2.45) is 44.8 Å². The number of allylic oxidation sites excluding steroid dienone is 2. The van der Waals surface area contributed by atoms with Crippen molar-refractivity contribution >= 4 is 29.7 Å². The molecule has 0 radical (unpaired) electrons. The summed E-state index contributed by atoms with van der Waals surface area (Å²) in [6, 6.07) is 0. The molecule has 0 aromatic rings. The van der Waals surface area contributed by atoms with E-state index in [1.165, 1.54) is 34.8 Å². The molecule has 6 aliphatic rings. The van der Waals surface area contributed by atoms with E-state index >= 15 is 0 Å². The van der Waals surface area contributed by atoms with Crippen molar-refractivity contribution in [1.82, 2.24) is 0 Å². The smallest absolute Gasteiger partial charge is 0.312 e. The maximum Gasteiger partial charge on any atom is 0.312 e. The lowest BCUT2D eigenvalue weighted by Gasteiger charge is -2.73. The topological polar surface area (TPSA) is 172 Å². The molecule has 2 bridgehead atoms. The number of aliphatic hydroxyl groups is 2. The van der Waals surface area contributed by atoms with E-state index in [2.05, 4.69) is 0 Å². The summed E-state index contributed by atoms with van der Waals surface area (Å²) in [5.41, 5.74) is -8.85. The fraction of sp³-hybridized carbons (Fsp3) is 0.811. The van der Waals surface area contributed by atoms with E-state index in [0.29, 0.717) is 12.2 Å². The number of carbonyl (C=O) groups excluding carboxylic acids is 5. The van der Waals surface area contributed by atoms with E-state index in [0.717, 1.165) is 5.57 Å². The van der Waals surface area contributed by atoms with Crippen LogP contribution in [0, 0.1) is 44.8 Å². The number of aliphatic hydroxyl groups excluding tert-OH is 1. The first-order chi connectivity index (χ1) is 22.5. The highest BCUT2D eigenvalue weighted by molar-refractivity contribution is 5.95. The number of methoxy groups -OCH3 is 1. The van der Waals surface area contributed by atoms with Crippen molar-refractivity contribution in [2.75, 3.05) is 7.11 Å². The molecule has 5 fully saturated rings. The van der Waals surface area contributed by atoms with Gasteiger partial charge < -0.3 is 33.9 Å². The van der Waals surface area contributed by atoms with Crippen molar-refractivity contribution in [3.05, 3.63) is 11.3 Å². The Morgan fingerprint density at radius 3 is 2.00 bits per heavy atom. The van der Waals surface area contributed by atoms with Gasteiger partial charge in [-0.15, -0.1) is 0 Å². The second-order valence-corrected chi connectivity index (χ2v) is 17.2. The summed E-state index contributed by atoms with van der Waals surface area (Å²) in [4.78, 5) is 66.5. The molecule has 0 unspecified atom stereocenters. The molecule has 2 spiro atoms. The fourth-order valence-corrected chi connectivity index (χ4v) is 13.3. The van der Waals surface area contributed by atoms with Crippen LogP contribution in [0.4, 0.5) is 0 Å². The fourth-order valence-electron chi connectivity index (χ4n) is 13.3. The number of fused-ring (bicyclic) bond motifs is 5. The lowest BCUT2D eigenvalue weighted by Crippen LogP contribution is -2.86. The highest BCUT2D eigenvalue weighted by Gasteiger charge is 2.92. The molecule has 0 aromatic heterocycles. The maximum atomic E-state index is 14.2. The number of esters is 4. The molecule has 12 heteroatoms. The van der Waals surface area contributed by atoms with E-state index < -0.39 is 98.4 Å². The van der Waals surface area contributed by atoms with Crippen LogP contribution in [0.15, 0.2) is 11.3 Å². The van der Waals surface area contributed by atoms with Gasteiger partial charge in [0.15, 0.2) is 23.8 Å². The number of rotatable bonds is 4. The van der Waals surface area contributed by atoms with E-state index in [9.17, 15) is 34.2 Å². The summed E-state index contributed by atoms with van der Waals surface area (Å²) in [6.07, 6.45) is -4.28. The molecule has 1 saturated heterocycles. The van der Waals surface area contributed by atoms with Crippen LogP contribution in [0.1, 0.15) is 101 Å². The van der Waals surface area contributed by atoms with Crippen LogP contribution in [0.2, 0.25) is 0 Å². The number of ether oxygens (including phenoxy) is 5. The van der Waals surface area contributed by atoms with E-state index in [4.69, 9.17) is 23.7 Å². The van der Waals surface area contributed by atoms with Crippen LogP contribution in [-0.4, -0.2) is 82.6 Å². The van der Waals surface area contributed by atoms with Crippen molar-refractivity contribution in [2.45, 2.75) is 137 Å². The minimum atomic E-state index is -2.10. The number of carbonyl (C=O) groups is 5. The summed E-state index contributed by atoms with van der Waals surface area (Å²) < 4.78 is 30.4. The van der Waals surface area contributed by atoms with Crippen LogP contribution in [0.5, 0.6) is 0 Å². The van der Waals surface area contributed by atoms with Gasteiger partial charge in [-0.25, -0.2) is 0 Å². The first-order valence-corrected chi connectivity index (χ1v) is 17.4. The van der Waals surface area contributed by atoms with Gasteiger partial charge in [0.25, 0.3) is 0 Å². The largest absolute Gasteiger partial charge is 0.493 e. The zero-order chi connectivity index (χ0) is 36.7. The van der Waals surface area contributed by atoms with Crippen LogP contribution in [0.3, 0.4) is 0 Å². The molecular formula is C37H52O12. The number of hydrogen-bond donors (Lipinski definition) is 2. The summed E-state index contributed by atoms with van der Waals surface area (Å²) >= 11 is 0. The molecule has 6 rings (SSSR count). The minimum Gasteiger partial charge on any atom is -0.493 e. The maximum absolute atomic E-state index is 14.2. The number of ketones is 1. The Morgan fingerprint density at radius 2 is 1.45 bits per heavy atom. The SMILES string of the molecule is COC1=C(C)[C@@]2(C)C[C@@H](O)[C@@H]3[C@@](C)(C[C@H](C)[C@]34[C@@]35C[C@@](C)(C[C@H](OC(C)=O)[C@]3(C)[C@@H](OC(C)=O)[C@@H](OC(C)=O)[C@]4(C)O)C(=O)O5)[C@@H]2CC1=O. The average Bonchev–Trinajstić information content (AvgIpc) is 3.36. The van der Waals surface area contributed by atoms with Gasteiger partial charge in [0, 0.05) is 46.0 Å². The first-order valence-electron chi connectivity index (χ1n) is 17.4. The van der Waals surface area contributed by atoms with Gasteiger partial charge in [0.1, 0.15) is 17.3 Å². The summed E-state index contributed by atoms with van der Waals surface area (Å²) in [5.74, 6) is -4.19. The minimum absolute atomic E-state index is 0.0320. The second kappa shape index (κ2) is 10.5. The molecule has 1 heterocycles. The van der Waals surface area contributed by atoms with Gasteiger partial charge in [0.2, 0.25) is 0 Å². The first kappa shape index (κ1) is 35.8. The third-order valence-electron chi connectivity index (χ3n) is 14.7. The summed E-state index contributed by atoms with van der Waals surface area (Å²) in [6.45, 7) is 16.5. The molecular weight excluding hydrogens is 636 g/mol. The molecule has 1 aliphatic heterocycles. The van der Waals surface area contributed by atoms with E-state index in [1.807, 2.05) is 27.7 Å². The molecule has 2 N–H and O–H groups in total. The van der Waals surface area contributed by atoms with Crippen LogP contribution in [0.25, 0.3) is 0 Å². The highest BCUT2D eigenvalue weighted by Crippen LogP contribution is 2.83. The Hall–Kier alpha value is -2.99. The standard InChI is InChI=1S/C37H52O12/c1-17-13-33(8)24-12-22(41)26(45-11)18(2)32(24,7)14-23(42)27(33)37(17)35(10,44)29(48-21(5)40)28(47-20(4)39)34(9)25(46-19(3)38)15-31(6)16-36(34,37)49-30(31)43/h17,23-25,27-29,42,44H,12-16H2,1-11H3/t17-,23+,24+,25-,27+,28-,29+,31+,32+,33-,34+,35-,36+,37-/m0/s1. The lowest BCUT2D eigenvalue weighted by molar-refractivity contribution is -0.383. The predicted molar refractivity (Wildman–Crippen MR) is 171 cm³/mol. The van der Waals surface area contributed by atoms with Gasteiger partial charge in [-0.2, -0.15) is 0 Å². The molecule has 272 valence electrons. The van der Waals surface area contributed by atoms with Crippen LogP contribution >= 0.6 is 0 Å². The monoisotopic (exact) mass is 688 g/mol. The third kappa shape index (κ3) is 4.01. The molecule has 0 aromatic carbocycles. The number of hydrogen-bond acceptors (Lipinski definition) is 12. The number of Topliss-reactive ketones (excluding diaryl/α,β-unsaturated/α-hetero) is 1. The molecule has 0 amide bonds. The Kier molecular flexibility index (Phi) is 7.69. The summed E-state index contributed by atoms with van der Waals surface area (Å²) in [7, 11) is 1.47. The van der Waals surface area contributed by atoms with Gasteiger partial charge in [0.05, 0.1) is 29.5 Å². The second-order valence-electron chi connectivity index (χ2n) is 17.2. The molecule has 5 aliphatic carbocycles. The normalized spacial score (nSPS) is 51.3. The zero-order valence-electron chi connectivity index (χ0n) is 30.6. The van der Waals surface area contributed by atoms with E-state index in [-0.39, 0.29) is 37.4 Å². The molecule has 49 heavy (non-hydrogen) atoms. The van der Waals surface area contributed by atoms with E-state index in [1.54, 1.807) is 13.8 Å². The Balaban J connectivity index is 1.72. The Bertz CT molecular complexity index is 1570. The van der Waals surface area contributed by atoms with Crippen LogP contribution < -0.4 is 0 Å². The Labute approximate surface area is 287 Å². The van der Waals surface area contributed by atoms with Crippen molar-refractivity contribution in [3.8, 4) is 0 Å². The zero-order valence-corrected chi connectivity index (χ0v) is 30.6. The average molecular weight is 689 g/mol. The van der Waals surface area contributed by atoms with Gasteiger partial charge in [-0.05, 0) is 68.8 Å². The molecule has 14 atom stereocenters. The quantitative estimate of drug-likeness (QED) is 0.325. The van der Waals surface area contributed by atoms with Gasteiger partial charge >= 0.3 is 23.9 Å². The highest BCUT2D eigenvalue weighted by atomic mass is 16.6. The van der Waals surface area contributed by atoms with Gasteiger partial charge in [-0.1, -0.05) is 20.8 Å². The van der Waals surface area contributed by atoms with Crippen molar-refractivity contribution in [1.29, 1.82) is 0 Å². The predicted octanol–water partition coefficient (Wildman–Crippen LogP) is 3.58. The van der Waals surface area contributed by atoms with Crippen LogP contribution in [-0.2, 0) is 47.7 Å². The lowest BCUT2D eigenvalue weighted by atomic mass is 9.33. The Morgan fingerprint density at radius 1 is 0.878 bits per heavy atom. The molecule has 12 nitrogen and oxygen atoms in total. The molecule has 4 saturated carbocycles. The van der Waals surface area contributed by atoms with Crippen molar-refractivity contribution in [3.63, 3.8) is 0 Å².